The molecule has 1 N–H and O–H groups in total. The monoisotopic (exact) mass is 217 g/mol. The summed E-state index contributed by atoms with van der Waals surface area (Å²) in [5, 5.41) is 9.54. The van der Waals surface area contributed by atoms with Gasteiger partial charge < -0.3 is 9.84 Å². The number of carbonyl (C=O) groups is 1. The largest absolute Gasteiger partial charge is 0.469 e. The van der Waals surface area contributed by atoms with Crippen molar-refractivity contribution >= 4 is 5.97 Å². The fraction of sp³-hybridized carbons (Fsp3) is 0.909. The lowest BCUT2D eigenvalue weighted by molar-refractivity contribution is -0.141. The van der Waals surface area contributed by atoms with Crippen molar-refractivity contribution in [2.75, 3.05) is 20.2 Å². The molecule has 0 aromatic carbocycles. The molecule has 90 valence electrons. The first-order chi connectivity index (χ1) is 7.01. The Kier molecular flexibility index (Phi) is 7.34. The average molecular weight is 217 g/mol. The van der Waals surface area contributed by atoms with Gasteiger partial charge >= 0.3 is 5.97 Å². The van der Waals surface area contributed by atoms with Gasteiger partial charge in [-0.3, -0.25) is 9.69 Å². The molecule has 0 amide bonds. The molecule has 1 unspecified atom stereocenters. The molecule has 0 bridgehead atoms. The van der Waals surface area contributed by atoms with Crippen molar-refractivity contribution in [2.24, 2.45) is 0 Å². The molecule has 0 aliphatic rings. The molecule has 0 heterocycles. The lowest BCUT2D eigenvalue weighted by atomic mass is 10.2. The molecule has 0 radical (unpaired) electrons. The van der Waals surface area contributed by atoms with E-state index in [9.17, 15) is 9.90 Å². The van der Waals surface area contributed by atoms with E-state index in [1.54, 1.807) is 0 Å². The summed E-state index contributed by atoms with van der Waals surface area (Å²) >= 11 is 0. The fourth-order valence-electron chi connectivity index (χ4n) is 1.30. The molecule has 4 heteroatoms. The standard InChI is InChI=1S/C11H23NO3/c1-5-10(13)8-12(9(2)3)7-6-11(14)15-4/h9-10,13H,5-8H2,1-4H3. The highest BCUT2D eigenvalue weighted by molar-refractivity contribution is 5.69. The molecule has 0 fully saturated rings. The Morgan fingerprint density at radius 3 is 2.47 bits per heavy atom. The van der Waals surface area contributed by atoms with Crippen LogP contribution in [0.15, 0.2) is 0 Å². The predicted molar refractivity (Wildman–Crippen MR) is 59.6 cm³/mol. The zero-order chi connectivity index (χ0) is 11.8. The number of aliphatic hydroxyl groups excluding tert-OH is 1. The number of carbonyl (C=O) groups excluding carboxylic acids is 1. The number of methoxy groups -OCH3 is 1. The van der Waals surface area contributed by atoms with Crippen molar-refractivity contribution in [1.82, 2.24) is 4.90 Å². The van der Waals surface area contributed by atoms with Crippen LogP contribution in [0.5, 0.6) is 0 Å². The van der Waals surface area contributed by atoms with E-state index in [1.165, 1.54) is 7.11 Å². The topological polar surface area (TPSA) is 49.8 Å². The molecule has 0 aromatic rings. The number of hydrogen-bond acceptors (Lipinski definition) is 4. The third-order valence-corrected chi connectivity index (χ3v) is 2.48. The minimum atomic E-state index is -0.315. The van der Waals surface area contributed by atoms with E-state index in [0.29, 0.717) is 25.6 Å². The molecular formula is C11H23NO3. The maximum absolute atomic E-state index is 11.0. The van der Waals surface area contributed by atoms with Gasteiger partial charge in [0, 0.05) is 19.1 Å². The molecule has 0 aromatic heterocycles. The molecule has 4 nitrogen and oxygen atoms in total. The van der Waals surface area contributed by atoms with Crippen molar-refractivity contribution in [2.45, 2.75) is 45.8 Å². The van der Waals surface area contributed by atoms with Crippen molar-refractivity contribution in [3.8, 4) is 0 Å². The Morgan fingerprint density at radius 2 is 2.07 bits per heavy atom. The highest BCUT2D eigenvalue weighted by Gasteiger charge is 2.14. The second kappa shape index (κ2) is 7.65. The first kappa shape index (κ1) is 14.4. The van der Waals surface area contributed by atoms with Gasteiger partial charge in [-0.1, -0.05) is 6.92 Å². The van der Waals surface area contributed by atoms with Gasteiger partial charge in [-0.05, 0) is 20.3 Å². The Morgan fingerprint density at radius 1 is 1.47 bits per heavy atom. The average Bonchev–Trinajstić information content (AvgIpc) is 2.22. The number of rotatable bonds is 7. The summed E-state index contributed by atoms with van der Waals surface area (Å²) in [7, 11) is 1.39. The minimum Gasteiger partial charge on any atom is -0.469 e. The van der Waals surface area contributed by atoms with Crippen LogP contribution in [0.2, 0.25) is 0 Å². The van der Waals surface area contributed by atoms with Crippen LogP contribution in [0.4, 0.5) is 0 Å². The third-order valence-electron chi connectivity index (χ3n) is 2.48. The van der Waals surface area contributed by atoms with Crippen LogP contribution in [0.1, 0.15) is 33.6 Å². The Balaban J connectivity index is 3.99. The highest BCUT2D eigenvalue weighted by atomic mass is 16.5. The van der Waals surface area contributed by atoms with Crippen molar-refractivity contribution < 1.29 is 14.6 Å². The van der Waals surface area contributed by atoms with Gasteiger partial charge in [0.1, 0.15) is 0 Å². The van der Waals surface area contributed by atoms with Crippen molar-refractivity contribution in [3.05, 3.63) is 0 Å². The van der Waals surface area contributed by atoms with Gasteiger partial charge in [-0.15, -0.1) is 0 Å². The summed E-state index contributed by atoms with van der Waals surface area (Å²) in [6, 6.07) is 0.329. The summed E-state index contributed by atoms with van der Waals surface area (Å²) in [5.74, 6) is -0.202. The molecule has 0 saturated carbocycles. The lowest BCUT2D eigenvalue weighted by Gasteiger charge is -2.27. The fourth-order valence-corrected chi connectivity index (χ4v) is 1.30. The van der Waals surface area contributed by atoms with Gasteiger partial charge in [-0.25, -0.2) is 0 Å². The lowest BCUT2D eigenvalue weighted by Crippen LogP contribution is -2.38. The van der Waals surface area contributed by atoms with Crippen LogP contribution in [-0.2, 0) is 9.53 Å². The van der Waals surface area contributed by atoms with Gasteiger partial charge in [0.15, 0.2) is 0 Å². The molecule has 0 rings (SSSR count). The van der Waals surface area contributed by atoms with Gasteiger partial charge in [0.05, 0.1) is 19.6 Å². The van der Waals surface area contributed by atoms with E-state index in [0.717, 1.165) is 6.42 Å². The quantitative estimate of drug-likeness (QED) is 0.647. The zero-order valence-corrected chi connectivity index (χ0v) is 10.2. The minimum absolute atomic E-state index is 0.202. The Bertz CT molecular complexity index is 183. The zero-order valence-electron chi connectivity index (χ0n) is 10.2. The van der Waals surface area contributed by atoms with Crippen molar-refractivity contribution in [3.63, 3.8) is 0 Å². The van der Waals surface area contributed by atoms with E-state index in [-0.39, 0.29) is 12.1 Å². The van der Waals surface area contributed by atoms with E-state index in [4.69, 9.17) is 0 Å². The number of nitrogens with zero attached hydrogens (tertiary/aromatic N) is 1. The Hall–Kier alpha value is -0.610. The smallest absolute Gasteiger partial charge is 0.306 e. The van der Waals surface area contributed by atoms with Crippen LogP contribution in [0, 0.1) is 0 Å². The van der Waals surface area contributed by atoms with Gasteiger partial charge in [0.2, 0.25) is 0 Å². The van der Waals surface area contributed by atoms with E-state index in [1.807, 2.05) is 6.92 Å². The SMILES string of the molecule is CCC(O)CN(CCC(=O)OC)C(C)C. The molecule has 1 atom stereocenters. The number of esters is 1. The molecule has 15 heavy (non-hydrogen) atoms. The maximum Gasteiger partial charge on any atom is 0.306 e. The van der Waals surface area contributed by atoms with E-state index in [2.05, 4.69) is 23.5 Å². The van der Waals surface area contributed by atoms with Crippen LogP contribution >= 0.6 is 0 Å². The first-order valence-electron chi connectivity index (χ1n) is 5.50. The normalized spacial score (nSPS) is 13.3. The number of hydrogen-bond donors (Lipinski definition) is 1. The third kappa shape index (κ3) is 6.47. The van der Waals surface area contributed by atoms with Crippen LogP contribution in [0.25, 0.3) is 0 Å². The van der Waals surface area contributed by atoms with Crippen LogP contribution < -0.4 is 0 Å². The van der Waals surface area contributed by atoms with E-state index >= 15 is 0 Å². The summed E-state index contributed by atoms with van der Waals surface area (Å²) in [6.45, 7) is 7.31. The number of ether oxygens (including phenoxy) is 1. The second-order valence-electron chi connectivity index (χ2n) is 3.98. The Labute approximate surface area is 92.2 Å². The molecule has 0 spiro atoms. The molecule has 0 aliphatic carbocycles. The van der Waals surface area contributed by atoms with Crippen LogP contribution in [0.3, 0.4) is 0 Å². The highest BCUT2D eigenvalue weighted by Crippen LogP contribution is 2.04. The predicted octanol–water partition coefficient (Wildman–Crippen LogP) is 1.03. The van der Waals surface area contributed by atoms with Gasteiger partial charge in [-0.2, -0.15) is 0 Å². The number of aliphatic hydroxyl groups is 1. The van der Waals surface area contributed by atoms with Gasteiger partial charge in [0.25, 0.3) is 0 Å². The summed E-state index contributed by atoms with van der Waals surface area (Å²) in [5.41, 5.74) is 0. The summed E-state index contributed by atoms with van der Waals surface area (Å²) in [6.07, 6.45) is 0.803. The summed E-state index contributed by atoms with van der Waals surface area (Å²) in [4.78, 5) is 13.1. The van der Waals surface area contributed by atoms with Crippen LogP contribution in [-0.4, -0.2) is 48.3 Å². The molecule has 0 saturated heterocycles. The first-order valence-corrected chi connectivity index (χ1v) is 5.50. The van der Waals surface area contributed by atoms with Crippen molar-refractivity contribution in [1.29, 1.82) is 0 Å². The molecule has 0 aliphatic heterocycles. The second-order valence-corrected chi connectivity index (χ2v) is 3.98. The maximum atomic E-state index is 11.0. The molecular weight excluding hydrogens is 194 g/mol. The van der Waals surface area contributed by atoms with E-state index < -0.39 is 0 Å². The summed E-state index contributed by atoms with van der Waals surface area (Å²) < 4.78 is 4.58.